The number of hydrogen-bond donors (Lipinski definition) is 0. The summed E-state index contributed by atoms with van der Waals surface area (Å²) >= 11 is 1.71. The number of aromatic nitrogens is 2. The molecule has 1 spiro atoms. The van der Waals surface area contributed by atoms with Gasteiger partial charge < -0.3 is 0 Å². The highest BCUT2D eigenvalue weighted by atomic mass is 32.2. The van der Waals surface area contributed by atoms with E-state index in [2.05, 4.69) is 62.4 Å². The maximum absolute atomic E-state index is 14.2. The van der Waals surface area contributed by atoms with E-state index in [9.17, 15) is 4.79 Å². The molecule has 3 aromatic rings. The molecule has 4 heteroatoms. The number of nitrogens with zero attached hydrogens (tertiary/aromatic N) is 2. The Balaban J connectivity index is 1.68. The second-order valence-electron chi connectivity index (χ2n) is 9.65. The summed E-state index contributed by atoms with van der Waals surface area (Å²) in [7, 11) is 0. The lowest BCUT2D eigenvalue weighted by Crippen LogP contribution is -2.43. The average Bonchev–Trinajstić information content (AvgIpc) is 2.79. The first-order valence-electron chi connectivity index (χ1n) is 12.0. The molecule has 1 heterocycles. The molecule has 3 nitrogen and oxygen atoms in total. The van der Waals surface area contributed by atoms with Crippen molar-refractivity contribution in [1.29, 1.82) is 0 Å². The maximum atomic E-state index is 14.2. The van der Waals surface area contributed by atoms with Gasteiger partial charge in [0, 0.05) is 22.8 Å². The monoisotopic (exact) mass is 444 g/mol. The first-order valence-corrected chi connectivity index (χ1v) is 12.9. The topological polar surface area (TPSA) is 34.9 Å². The molecule has 2 aromatic carbocycles. The zero-order chi connectivity index (χ0) is 22.1. The van der Waals surface area contributed by atoms with Crippen molar-refractivity contribution in [1.82, 2.24) is 9.55 Å². The van der Waals surface area contributed by atoms with Crippen molar-refractivity contribution < 1.29 is 0 Å². The molecule has 1 aromatic heterocycles. The van der Waals surface area contributed by atoms with Gasteiger partial charge >= 0.3 is 0 Å². The number of fused-ring (bicyclic) bond motifs is 4. The molecule has 0 radical (unpaired) electrons. The third-order valence-corrected chi connectivity index (χ3v) is 8.08. The van der Waals surface area contributed by atoms with Gasteiger partial charge in [-0.05, 0) is 36.8 Å². The molecule has 2 aliphatic carbocycles. The molecule has 166 valence electrons. The van der Waals surface area contributed by atoms with Crippen LogP contribution >= 0.6 is 11.8 Å². The Morgan fingerprint density at radius 2 is 1.72 bits per heavy atom. The first kappa shape index (κ1) is 21.5. The van der Waals surface area contributed by atoms with Crippen LogP contribution in [-0.4, -0.2) is 14.8 Å². The third kappa shape index (κ3) is 3.94. The minimum atomic E-state index is -0.0540. The number of aryl methyl sites for hydroxylation is 1. The van der Waals surface area contributed by atoms with Crippen LogP contribution in [0.3, 0.4) is 0 Å². The molecule has 0 bridgehead atoms. The smallest absolute Gasteiger partial charge is 0.258 e. The molecule has 1 fully saturated rings. The van der Waals surface area contributed by atoms with E-state index in [4.69, 9.17) is 4.98 Å². The van der Waals surface area contributed by atoms with Crippen molar-refractivity contribution >= 4 is 11.8 Å². The van der Waals surface area contributed by atoms with Gasteiger partial charge in [0.1, 0.15) is 0 Å². The Kier molecular flexibility index (Phi) is 5.98. The van der Waals surface area contributed by atoms with E-state index in [1.165, 1.54) is 30.4 Å². The molecular weight excluding hydrogens is 412 g/mol. The van der Waals surface area contributed by atoms with Crippen LogP contribution in [0.25, 0.3) is 11.3 Å². The molecule has 0 saturated heterocycles. The normalized spacial score (nSPS) is 16.7. The summed E-state index contributed by atoms with van der Waals surface area (Å²) in [6.07, 6.45) is 7.69. The van der Waals surface area contributed by atoms with Crippen LogP contribution in [0.1, 0.15) is 62.6 Å². The van der Waals surface area contributed by atoms with E-state index in [1.54, 1.807) is 11.8 Å². The highest BCUT2D eigenvalue weighted by Gasteiger charge is 2.43. The molecule has 0 amide bonds. The number of hydrogen-bond acceptors (Lipinski definition) is 3. The molecule has 32 heavy (non-hydrogen) atoms. The van der Waals surface area contributed by atoms with E-state index in [1.807, 2.05) is 10.6 Å². The molecule has 5 rings (SSSR count). The molecule has 2 aliphatic rings. The van der Waals surface area contributed by atoms with Gasteiger partial charge in [-0.3, -0.25) is 9.36 Å². The van der Waals surface area contributed by atoms with Gasteiger partial charge in [0.15, 0.2) is 5.16 Å². The van der Waals surface area contributed by atoms with Gasteiger partial charge in [-0.25, -0.2) is 4.98 Å². The lowest BCUT2D eigenvalue weighted by Gasteiger charge is -2.42. The average molecular weight is 445 g/mol. The summed E-state index contributed by atoms with van der Waals surface area (Å²) in [5.41, 5.74) is 5.88. The predicted molar refractivity (Wildman–Crippen MR) is 134 cm³/mol. The minimum Gasteiger partial charge on any atom is -0.287 e. The zero-order valence-electron chi connectivity index (χ0n) is 19.1. The number of benzene rings is 2. The second-order valence-corrected chi connectivity index (χ2v) is 11.2. The number of thioether (sulfide) groups is 1. The first-order chi connectivity index (χ1) is 15.6. The van der Waals surface area contributed by atoms with Crippen molar-refractivity contribution in [3.63, 3.8) is 0 Å². The zero-order valence-corrected chi connectivity index (χ0v) is 20.0. The van der Waals surface area contributed by atoms with Crippen molar-refractivity contribution in [3.8, 4) is 11.3 Å². The van der Waals surface area contributed by atoms with Crippen LogP contribution in [0.15, 0.2) is 64.5 Å². The highest BCUT2D eigenvalue weighted by molar-refractivity contribution is 7.99. The summed E-state index contributed by atoms with van der Waals surface area (Å²) in [4.78, 5) is 19.5. The summed E-state index contributed by atoms with van der Waals surface area (Å²) in [5.74, 6) is 0. The molecule has 1 saturated carbocycles. The highest BCUT2D eigenvalue weighted by Crippen LogP contribution is 2.48. The van der Waals surface area contributed by atoms with Crippen molar-refractivity contribution in [2.75, 3.05) is 0 Å². The van der Waals surface area contributed by atoms with Crippen LogP contribution in [0.4, 0.5) is 0 Å². The van der Waals surface area contributed by atoms with Crippen molar-refractivity contribution in [3.05, 3.63) is 81.6 Å². The standard InChI is InChI=1S/C28H32N2OS/c1-20(2)32-27-29-25-23-14-8-7-13-22(23)19-28(16-9-4-10-17-28)24(25)26(31)30(27)18-15-21-11-5-3-6-12-21/h3,5-8,11-14,20H,4,9-10,15-19H2,1-2H3. The van der Waals surface area contributed by atoms with E-state index in [0.29, 0.717) is 11.8 Å². The Hall–Kier alpha value is -2.33. The van der Waals surface area contributed by atoms with Gasteiger partial charge in [0.25, 0.3) is 5.56 Å². The Morgan fingerprint density at radius 1 is 1.00 bits per heavy atom. The van der Waals surface area contributed by atoms with Gasteiger partial charge in [0.05, 0.1) is 11.3 Å². The van der Waals surface area contributed by atoms with Crippen molar-refractivity contribution in [2.24, 2.45) is 0 Å². The molecule has 0 unspecified atom stereocenters. The van der Waals surface area contributed by atoms with Crippen LogP contribution in [0.2, 0.25) is 0 Å². The lowest BCUT2D eigenvalue weighted by molar-refractivity contribution is 0.282. The third-order valence-electron chi connectivity index (χ3n) is 7.08. The van der Waals surface area contributed by atoms with Gasteiger partial charge in [0.2, 0.25) is 0 Å². The van der Waals surface area contributed by atoms with Gasteiger partial charge in [-0.15, -0.1) is 0 Å². The number of rotatable bonds is 5. The quantitative estimate of drug-likeness (QED) is 0.337. The van der Waals surface area contributed by atoms with Gasteiger partial charge in [-0.1, -0.05) is 99.5 Å². The summed E-state index contributed by atoms with van der Waals surface area (Å²) in [5, 5.41) is 1.23. The Labute approximate surface area is 195 Å². The molecular formula is C28H32N2OS. The Bertz CT molecular complexity index is 1160. The fourth-order valence-electron chi connectivity index (χ4n) is 5.61. The van der Waals surface area contributed by atoms with Crippen LogP contribution in [0, 0.1) is 0 Å². The van der Waals surface area contributed by atoms with Crippen molar-refractivity contribution in [2.45, 2.75) is 81.2 Å². The van der Waals surface area contributed by atoms with E-state index in [0.717, 1.165) is 47.7 Å². The lowest BCUT2D eigenvalue weighted by atomic mass is 9.62. The van der Waals surface area contributed by atoms with Crippen LogP contribution < -0.4 is 5.56 Å². The van der Waals surface area contributed by atoms with Crippen LogP contribution in [0.5, 0.6) is 0 Å². The second kappa shape index (κ2) is 8.90. The van der Waals surface area contributed by atoms with E-state index in [-0.39, 0.29) is 11.0 Å². The Morgan fingerprint density at radius 3 is 2.47 bits per heavy atom. The molecule has 0 atom stereocenters. The molecule has 0 aliphatic heterocycles. The summed E-state index contributed by atoms with van der Waals surface area (Å²) in [6, 6.07) is 19.1. The van der Waals surface area contributed by atoms with E-state index < -0.39 is 0 Å². The minimum absolute atomic E-state index is 0.0540. The fourth-order valence-corrected chi connectivity index (χ4v) is 6.47. The summed E-state index contributed by atoms with van der Waals surface area (Å²) < 4.78 is 1.99. The SMILES string of the molecule is CC(C)Sc1nc2c(c(=O)n1CCc1ccccc1)C1(CCCCC1)Cc1ccccc1-2. The fraction of sp³-hybridized carbons (Fsp3) is 0.429. The maximum Gasteiger partial charge on any atom is 0.258 e. The van der Waals surface area contributed by atoms with E-state index >= 15 is 0 Å². The predicted octanol–water partition coefficient (Wildman–Crippen LogP) is 6.41. The van der Waals surface area contributed by atoms with Gasteiger partial charge in [-0.2, -0.15) is 0 Å². The molecule has 0 N–H and O–H groups in total. The summed E-state index contributed by atoms with van der Waals surface area (Å²) in [6.45, 7) is 5.03. The largest absolute Gasteiger partial charge is 0.287 e. The van der Waals surface area contributed by atoms with Crippen LogP contribution in [-0.2, 0) is 24.8 Å².